The first kappa shape index (κ1) is 38.9. The lowest BCUT2D eigenvalue weighted by Crippen LogP contribution is -2.31. The number of ether oxygens (including phenoxy) is 2. The fourth-order valence-corrected chi connectivity index (χ4v) is 6.05. The summed E-state index contributed by atoms with van der Waals surface area (Å²) < 4.78 is 14.5. The molecule has 8 N–H and O–H groups in total. The summed E-state index contributed by atoms with van der Waals surface area (Å²) in [5, 5.41) is 47.2. The predicted molar refractivity (Wildman–Crippen MR) is 190 cm³/mol. The largest absolute Gasteiger partial charge is 0.388 e. The number of carbonyl (C=O) groups is 1. The van der Waals surface area contributed by atoms with Crippen LogP contribution in [0.25, 0.3) is 22.3 Å². The van der Waals surface area contributed by atoms with Gasteiger partial charge in [0, 0.05) is 25.9 Å². The van der Waals surface area contributed by atoms with E-state index in [0.717, 1.165) is 12.8 Å². The number of ketones is 1. The van der Waals surface area contributed by atoms with Gasteiger partial charge in [-0.05, 0) is 25.2 Å². The molecule has 52 heavy (non-hydrogen) atoms. The van der Waals surface area contributed by atoms with Crippen molar-refractivity contribution < 1.29 is 34.7 Å². The predicted octanol–water partition coefficient (Wildman–Crippen LogP) is 0.927. The smallest absolute Gasteiger partial charge is 0.280 e. The molecule has 0 radical (unpaired) electrons. The van der Waals surface area contributed by atoms with Crippen molar-refractivity contribution in [2.75, 3.05) is 23.7 Å². The van der Waals surface area contributed by atoms with Gasteiger partial charge < -0.3 is 40.5 Å². The molecule has 0 aromatic carbocycles. The van der Waals surface area contributed by atoms with Gasteiger partial charge in [0.15, 0.2) is 34.8 Å². The number of aromatic amines is 2. The highest BCUT2D eigenvalue weighted by Crippen LogP contribution is 2.34. The van der Waals surface area contributed by atoms with E-state index >= 15 is 0 Å². The summed E-state index contributed by atoms with van der Waals surface area (Å²) >= 11 is 0. The van der Waals surface area contributed by atoms with Crippen molar-refractivity contribution in [3.8, 4) is 0 Å². The molecule has 6 heterocycles. The highest BCUT2D eigenvalue weighted by atomic mass is 16.6. The van der Waals surface area contributed by atoms with Crippen LogP contribution >= 0.6 is 0 Å². The van der Waals surface area contributed by atoms with Crippen LogP contribution in [0.1, 0.15) is 85.6 Å². The molecule has 6 rings (SSSR count). The highest BCUT2D eigenvalue weighted by molar-refractivity contribution is 5.78. The number of unbranched alkanes of at least 4 members (excludes halogenated alkanes) is 1. The van der Waals surface area contributed by atoms with Crippen LogP contribution in [0.2, 0.25) is 0 Å². The van der Waals surface area contributed by atoms with E-state index in [1.165, 1.54) is 21.8 Å². The zero-order chi connectivity index (χ0) is 37.7. The molecule has 0 saturated carbocycles. The van der Waals surface area contributed by atoms with E-state index in [0.29, 0.717) is 55.8 Å². The van der Waals surface area contributed by atoms with Crippen molar-refractivity contribution in [1.82, 2.24) is 39.0 Å². The molecule has 286 valence electrons. The number of carbonyl (C=O) groups excluding carboxylic acids is 1. The van der Waals surface area contributed by atoms with Gasteiger partial charge in [-0.3, -0.25) is 33.5 Å². The third kappa shape index (κ3) is 8.34. The maximum absolute atomic E-state index is 12.3. The number of Topliss-reactive ketones (excluding diaryl/α,β-unsaturated/α-hetero) is 1. The van der Waals surface area contributed by atoms with Crippen molar-refractivity contribution in [3.05, 3.63) is 33.4 Å². The number of H-pyrrole nitrogens is 2. The molecule has 2 aliphatic heterocycles. The summed E-state index contributed by atoms with van der Waals surface area (Å²) in [5.74, 6) is 1.07. The van der Waals surface area contributed by atoms with Crippen LogP contribution in [-0.4, -0.2) is 115 Å². The van der Waals surface area contributed by atoms with Crippen LogP contribution in [0.15, 0.2) is 22.2 Å². The average Bonchev–Trinajstić information content (AvgIpc) is 3.88. The lowest BCUT2D eigenvalue weighted by Gasteiger charge is -2.17. The highest BCUT2D eigenvalue weighted by Gasteiger charge is 2.45. The minimum Gasteiger partial charge on any atom is -0.388 e. The van der Waals surface area contributed by atoms with E-state index in [2.05, 4.69) is 47.5 Å². The Hall–Kier alpha value is -4.27. The van der Waals surface area contributed by atoms with Crippen LogP contribution in [0.4, 0.5) is 11.9 Å². The summed E-state index contributed by atoms with van der Waals surface area (Å²) in [6, 6.07) is 0. The van der Waals surface area contributed by atoms with Gasteiger partial charge in [0.2, 0.25) is 11.9 Å². The Morgan fingerprint density at radius 1 is 0.827 bits per heavy atom. The second-order valence-electron chi connectivity index (χ2n) is 13.5. The van der Waals surface area contributed by atoms with Crippen LogP contribution in [-0.2, 0) is 14.3 Å². The third-order valence-electron chi connectivity index (χ3n) is 9.09. The number of nitrogens with zero attached hydrogens (tertiary/aromatic N) is 6. The third-order valence-corrected chi connectivity index (χ3v) is 9.09. The number of aliphatic hydroxyl groups excluding tert-OH is 4. The van der Waals surface area contributed by atoms with E-state index < -0.39 is 54.6 Å². The fraction of sp³-hybridized carbons (Fsp3) is 0.667. The van der Waals surface area contributed by atoms with Crippen molar-refractivity contribution >= 4 is 40.0 Å². The number of nitrogens with one attached hydrogen (secondary N) is 4. The Labute approximate surface area is 298 Å². The molecule has 2 saturated heterocycles. The zero-order valence-electron chi connectivity index (χ0n) is 30.0. The molecule has 2 aliphatic rings. The second kappa shape index (κ2) is 17.0. The molecule has 8 atom stereocenters. The van der Waals surface area contributed by atoms with Crippen LogP contribution in [0, 0.1) is 5.92 Å². The fourth-order valence-electron chi connectivity index (χ4n) is 6.05. The number of aliphatic hydroxyl groups is 4. The maximum atomic E-state index is 12.3. The van der Waals surface area contributed by atoms with Crippen LogP contribution in [0.3, 0.4) is 0 Å². The Morgan fingerprint density at radius 3 is 1.83 bits per heavy atom. The van der Waals surface area contributed by atoms with Gasteiger partial charge in [0.05, 0.1) is 24.9 Å². The van der Waals surface area contributed by atoms with E-state index in [4.69, 9.17) is 9.47 Å². The summed E-state index contributed by atoms with van der Waals surface area (Å²) in [4.78, 5) is 58.2. The molecule has 0 aliphatic carbocycles. The number of hydrogen-bond acceptors (Lipinski definition) is 15. The molecular weight excluding hydrogens is 680 g/mol. The van der Waals surface area contributed by atoms with E-state index in [1.54, 1.807) is 6.92 Å². The monoisotopic (exact) mass is 730 g/mol. The van der Waals surface area contributed by atoms with Gasteiger partial charge in [0.1, 0.15) is 30.2 Å². The first-order valence-electron chi connectivity index (χ1n) is 17.8. The zero-order valence-corrected chi connectivity index (χ0v) is 30.0. The van der Waals surface area contributed by atoms with Gasteiger partial charge >= 0.3 is 0 Å². The Balaban J connectivity index is 0.000000203. The van der Waals surface area contributed by atoms with E-state index in [-0.39, 0.29) is 34.4 Å². The topological polar surface area (TPSA) is 268 Å². The van der Waals surface area contributed by atoms with Crippen molar-refractivity contribution in [1.29, 1.82) is 0 Å². The van der Waals surface area contributed by atoms with Crippen molar-refractivity contribution in [2.45, 2.75) is 122 Å². The lowest BCUT2D eigenvalue weighted by molar-refractivity contribution is -0.120. The first-order valence-corrected chi connectivity index (χ1v) is 17.8. The van der Waals surface area contributed by atoms with Crippen LogP contribution < -0.4 is 21.8 Å². The van der Waals surface area contributed by atoms with E-state index in [9.17, 15) is 34.8 Å². The first-order chi connectivity index (χ1) is 24.9. The molecule has 19 nitrogen and oxygen atoms in total. The molecule has 4 aromatic heterocycles. The standard InChI is InChI=1S/C18H27N5O5.C15H23N5O4/c1-4-10(24)5-6-11-13(25)14(26)17(28-11)23-8-20-12-15(23)21-18(22-16(12)27)19-7-9(2)3;1-3-5-6-16-15-18-12-9(13(23)19-15)17-7-20(12)14-11(22)10(21)8(4-2)24-14/h8-9,11,13-14,17,25-26H,4-7H2,1-3H3,(H2,19,21,22,27);7-8,10-11,14,21-22H,3-6H2,1-2H3,(H2,16,18,19,23)/t11-,13+,14?,17-;8-,10+,11?,14-/m11/s1. The number of fused-ring (bicyclic) bond motifs is 2. The molecular formula is C33H50N10O9. The van der Waals surface area contributed by atoms with Crippen molar-refractivity contribution in [2.24, 2.45) is 5.92 Å². The molecule has 2 fully saturated rings. The Morgan fingerprint density at radius 2 is 1.35 bits per heavy atom. The quantitative estimate of drug-likeness (QED) is 0.0839. The lowest BCUT2D eigenvalue weighted by atomic mass is 10.0. The average molecular weight is 731 g/mol. The number of aromatic nitrogens is 8. The Bertz CT molecular complexity index is 1920. The SMILES string of the molecule is CCC(=O)CC[C@H]1O[C@@H](n2cnc3c(=O)[nH]c(NCC(C)C)nc32)C(O)[C@H]1O.CCCCNc1nc2c(ncn2[C@@H]2O[C@H](CC)[C@H](O)C2O)c(=O)[nH]1. The van der Waals surface area contributed by atoms with Gasteiger partial charge in [0.25, 0.3) is 11.1 Å². The summed E-state index contributed by atoms with van der Waals surface area (Å²) in [5.41, 5.74) is 0.0690. The molecule has 0 amide bonds. The van der Waals surface area contributed by atoms with Gasteiger partial charge in [-0.15, -0.1) is 0 Å². The molecule has 19 heteroatoms. The molecule has 4 aromatic rings. The van der Waals surface area contributed by atoms with Crippen LogP contribution in [0.5, 0.6) is 0 Å². The molecule has 0 spiro atoms. The number of anilines is 2. The maximum Gasteiger partial charge on any atom is 0.280 e. The number of rotatable bonds is 14. The number of imidazole rings is 2. The van der Waals surface area contributed by atoms with Gasteiger partial charge in [-0.1, -0.05) is 41.0 Å². The normalized spacial score (nSPS) is 25.9. The Kier molecular flexibility index (Phi) is 12.8. The summed E-state index contributed by atoms with van der Waals surface area (Å²) in [6.45, 7) is 11.1. The summed E-state index contributed by atoms with van der Waals surface area (Å²) in [6.07, 6.45) is -1.09. The second-order valence-corrected chi connectivity index (χ2v) is 13.5. The minimum atomic E-state index is -1.23. The number of hydrogen-bond donors (Lipinski definition) is 8. The van der Waals surface area contributed by atoms with Gasteiger partial charge in [-0.2, -0.15) is 9.97 Å². The molecule has 2 unspecified atom stereocenters. The minimum absolute atomic E-state index is 0.0656. The summed E-state index contributed by atoms with van der Waals surface area (Å²) in [7, 11) is 0. The molecule has 0 bridgehead atoms. The van der Waals surface area contributed by atoms with E-state index in [1.807, 2.05) is 20.8 Å². The van der Waals surface area contributed by atoms with Crippen molar-refractivity contribution in [3.63, 3.8) is 0 Å². The van der Waals surface area contributed by atoms with Gasteiger partial charge in [-0.25, -0.2) is 9.97 Å².